The van der Waals surface area contributed by atoms with Crippen LogP contribution >= 0.6 is 0 Å². The first-order chi connectivity index (χ1) is 9.10. The van der Waals surface area contributed by atoms with Crippen LogP contribution in [-0.2, 0) is 0 Å². The molecule has 0 saturated heterocycles. The van der Waals surface area contributed by atoms with Gasteiger partial charge in [0.2, 0.25) is 0 Å². The van der Waals surface area contributed by atoms with Crippen LogP contribution in [0.15, 0.2) is 18.2 Å². The van der Waals surface area contributed by atoms with Gasteiger partial charge in [0.25, 0.3) is 0 Å². The molecule has 1 rings (SSSR count). The van der Waals surface area contributed by atoms with Crippen molar-refractivity contribution < 1.29 is 26.7 Å². The van der Waals surface area contributed by atoms with Gasteiger partial charge in [-0.3, -0.25) is 9.69 Å². The summed E-state index contributed by atoms with van der Waals surface area (Å²) in [6.07, 6.45) is -4.43. The summed E-state index contributed by atoms with van der Waals surface area (Å²) < 4.78 is 62.8. The van der Waals surface area contributed by atoms with Crippen molar-refractivity contribution in [3.63, 3.8) is 0 Å². The third-order valence-corrected chi connectivity index (χ3v) is 2.70. The number of ketones is 1. The number of alkyl halides is 3. The zero-order chi connectivity index (χ0) is 15.5. The molecule has 2 nitrogen and oxygen atoms in total. The largest absolute Gasteiger partial charge is 0.401 e. The number of carbonyl (C=O) groups excluding carboxylic acids is 1. The Balaban J connectivity index is 2.83. The van der Waals surface area contributed by atoms with E-state index in [1.165, 1.54) is 13.8 Å². The highest BCUT2D eigenvalue weighted by Gasteiger charge is 2.32. The summed E-state index contributed by atoms with van der Waals surface area (Å²) in [4.78, 5) is 12.7. The number of Topliss-reactive ketones (excluding diaryl/α,β-unsaturated/α-hetero) is 1. The fourth-order valence-electron chi connectivity index (χ4n) is 1.60. The van der Waals surface area contributed by atoms with Crippen molar-refractivity contribution in [1.29, 1.82) is 0 Å². The molecule has 0 radical (unpaired) electrons. The number of nitrogens with zero attached hydrogens (tertiary/aromatic N) is 1. The lowest BCUT2D eigenvalue weighted by molar-refractivity contribution is -0.148. The minimum absolute atomic E-state index is 0.156. The van der Waals surface area contributed by atoms with Crippen LogP contribution in [0, 0.1) is 11.6 Å². The highest BCUT2D eigenvalue weighted by Crippen LogP contribution is 2.18. The van der Waals surface area contributed by atoms with Gasteiger partial charge in [-0.15, -0.1) is 0 Å². The van der Waals surface area contributed by atoms with Gasteiger partial charge in [-0.1, -0.05) is 0 Å². The van der Waals surface area contributed by atoms with E-state index in [-0.39, 0.29) is 5.56 Å². The van der Waals surface area contributed by atoms with E-state index in [9.17, 15) is 26.7 Å². The predicted molar refractivity (Wildman–Crippen MR) is 63.5 cm³/mol. The Morgan fingerprint density at radius 2 is 1.80 bits per heavy atom. The second-order valence-electron chi connectivity index (χ2n) is 4.67. The van der Waals surface area contributed by atoms with Crippen LogP contribution in [-0.4, -0.2) is 36.0 Å². The molecular formula is C13H14F5NO. The fraction of sp³-hybridized carbons (Fsp3) is 0.462. The molecule has 0 aromatic heterocycles. The molecule has 7 heteroatoms. The summed E-state index contributed by atoms with van der Waals surface area (Å²) in [5.41, 5.74) is -0.156. The molecule has 0 saturated carbocycles. The highest BCUT2D eigenvalue weighted by molar-refractivity contribution is 5.97. The van der Waals surface area contributed by atoms with E-state index in [2.05, 4.69) is 0 Å². The summed E-state index contributed by atoms with van der Waals surface area (Å²) in [5.74, 6) is -3.01. The molecule has 0 N–H and O–H groups in total. The van der Waals surface area contributed by atoms with Crippen molar-refractivity contribution in [2.24, 2.45) is 0 Å². The Bertz CT molecular complexity index is 484. The van der Waals surface area contributed by atoms with Gasteiger partial charge in [0.1, 0.15) is 0 Å². The molecule has 0 aliphatic heterocycles. The van der Waals surface area contributed by atoms with Crippen LogP contribution in [0.4, 0.5) is 22.0 Å². The molecule has 0 aliphatic rings. The van der Waals surface area contributed by atoms with Crippen LogP contribution in [0.25, 0.3) is 0 Å². The van der Waals surface area contributed by atoms with Crippen molar-refractivity contribution in [2.75, 3.05) is 13.1 Å². The molecule has 1 aromatic rings. The van der Waals surface area contributed by atoms with Crippen LogP contribution in [0.2, 0.25) is 0 Å². The minimum atomic E-state index is -4.43. The fourth-order valence-corrected chi connectivity index (χ4v) is 1.60. The Morgan fingerprint density at radius 3 is 2.25 bits per heavy atom. The molecule has 0 atom stereocenters. The molecule has 20 heavy (non-hydrogen) atoms. The zero-order valence-electron chi connectivity index (χ0n) is 11.0. The van der Waals surface area contributed by atoms with Gasteiger partial charge in [0.05, 0.1) is 13.1 Å². The van der Waals surface area contributed by atoms with Gasteiger partial charge >= 0.3 is 6.18 Å². The Kier molecular flexibility index (Phi) is 5.21. The van der Waals surface area contributed by atoms with E-state index in [0.29, 0.717) is 6.07 Å². The second-order valence-corrected chi connectivity index (χ2v) is 4.67. The molecule has 0 amide bonds. The van der Waals surface area contributed by atoms with Crippen LogP contribution in [0.5, 0.6) is 0 Å². The van der Waals surface area contributed by atoms with Crippen LogP contribution < -0.4 is 0 Å². The lowest BCUT2D eigenvalue weighted by Gasteiger charge is -2.26. The number of hydrogen-bond donors (Lipinski definition) is 0. The van der Waals surface area contributed by atoms with Crippen molar-refractivity contribution >= 4 is 5.78 Å². The maximum absolute atomic E-state index is 13.0. The molecule has 0 spiro atoms. The maximum Gasteiger partial charge on any atom is 0.401 e. The highest BCUT2D eigenvalue weighted by atomic mass is 19.4. The first kappa shape index (κ1) is 16.6. The maximum atomic E-state index is 13.0. The lowest BCUT2D eigenvalue weighted by Crippen LogP contribution is -2.42. The zero-order valence-corrected chi connectivity index (χ0v) is 11.0. The molecule has 0 heterocycles. The van der Waals surface area contributed by atoms with E-state index < -0.39 is 42.7 Å². The van der Waals surface area contributed by atoms with Gasteiger partial charge in [-0.2, -0.15) is 13.2 Å². The summed E-state index contributed by atoms with van der Waals surface area (Å²) in [6.45, 7) is 1.29. The molecule has 0 unspecified atom stereocenters. The number of hydrogen-bond acceptors (Lipinski definition) is 2. The Labute approximate surface area is 113 Å². The average Bonchev–Trinajstić information content (AvgIpc) is 2.29. The van der Waals surface area contributed by atoms with Gasteiger partial charge in [0, 0.05) is 11.6 Å². The van der Waals surface area contributed by atoms with Crippen LogP contribution in [0.1, 0.15) is 24.2 Å². The first-order valence-electron chi connectivity index (χ1n) is 5.89. The number of rotatable bonds is 5. The summed E-state index contributed by atoms with van der Waals surface area (Å²) >= 11 is 0. The van der Waals surface area contributed by atoms with Gasteiger partial charge in [-0.25, -0.2) is 8.78 Å². The second kappa shape index (κ2) is 6.30. The third kappa shape index (κ3) is 4.88. The normalized spacial score (nSPS) is 12.2. The summed E-state index contributed by atoms with van der Waals surface area (Å²) in [7, 11) is 0. The topological polar surface area (TPSA) is 20.3 Å². The molecule has 1 aromatic carbocycles. The molecule has 0 fully saturated rings. The van der Waals surface area contributed by atoms with E-state index >= 15 is 0 Å². The SMILES string of the molecule is CC(C)N(CC(=O)c1ccc(F)c(F)c1)CC(F)(F)F. The van der Waals surface area contributed by atoms with E-state index in [1.807, 2.05) is 0 Å². The van der Waals surface area contributed by atoms with E-state index in [1.54, 1.807) is 0 Å². The van der Waals surface area contributed by atoms with E-state index in [4.69, 9.17) is 0 Å². The summed E-state index contributed by atoms with van der Waals surface area (Å²) in [5, 5.41) is 0. The number of halogens is 5. The number of carbonyl (C=O) groups is 1. The Hall–Kier alpha value is -1.50. The number of benzene rings is 1. The first-order valence-corrected chi connectivity index (χ1v) is 5.89. The molecule has 0 aliphatic carbocycles. The van der Waals surface area contributed by atoms with Gasteiger partial charge in [-0.05, 0) is 32.0 Å². The standard InChI is InChI=1S/C13H14F5NO/c1-8(2)19(7-13(16,17)18)6-12(20)9-3-4-10(14)11(15)5-9/h3-5,8H,6-7H2,1-2H3. The van der Waals surface area contributed by atoms with Crippen molar-refractivity contribution in [1.82, 2.24) is 4.90 Å². The molecule has 112 valence electrons. The lowest BCUT2D eigenvalue weighted by atomic mass is 10.1. The summed E-state index contributed by atoms with van der Waals surface area (Å²) in [6, 6.07) is 1.99. The van der Waals surface area contributed by atoms with Crippen molar-refractivity contribution in [3.05, 3.63) is 35.4 Å². The monoisotopic (exact) mass is 295 g/mol. The third-order valence-electron chi connectivity index (χ3n) is 2.70. The van der Waals surface area contributed by atoms with Crippen molar-refractivity contribution in [2.45, 2.75) is 26.1 Å². The van der Waals surface area contributed by atoms with Crippen molar-refractivity contribution in [3.8, 4) is 0 Å². The average molecular weight is 295 g/mol. The molecule has 0 bridgehead atoms. The Morgan fingerprint density at radius 1 is 1.20 bits per heavy atom. The smallest absolute Gasteiger partial charge is 0.293 e. The van der Waals surface area contributed by atoms with Gasteiger partial charge < -0.3 is 0 Å². The van der Waals surface area contributed by atoms with Gasteiger partial charge in [0.15, 0.2) is 17.4 Å². The minimum Gasteiger partial charge on any atom is -0.293 e. The quantitative estimate of drug-likeness (QED) is 0.613. The molecular weight excluding hydrogens is 281 g/mol. The van der Waals surface area contributed by atoms with Crippen LogP contribution in [0.3, 0.4) is 0 Å². The van der Waals surface area contributed by atoms with E-state index in [0.717, 1.165) is 17.0 Å². The predicted octanol–water partition coefficient (Wildman–Crippen LogP) is 3.42.